The van der Waals surface area contributed by atoms with Crippen LogP contribution in [0.4, 0.5) is 5.69 Å². The highest BCUT2D eigenvalue weighted by molar-refractivity contribution is 5.99. The van der Waals surface area contributed by atoms with E-state index < -0.39 is 6.10 Å². The highest BCUT2D eigenvalue weighted by atomic mass is 16.5. The maximum atomic E-state index is 12.4. The normalized spacial score (nSPS) is 17.0. The van der Waals surface area contributed by atoms with Crippen LogP contribution in [0.1, 0.15) is 13.8 Å². The van der Waals surface area contributed by atoms with Crippen LogP contribution in [0, 0.1) is 0 Å². The fourth-order valence-electron chi connectivity index (χ4n) is 3.10. The highest BCUT2D eigenvalue weighted by Gasteiger charge is 2.22. The smallest absolute Gasteiger partial charge is 0.254 e. The second-order valence-electron chi connectivity index (χ2n) is 6.94. The van der Waals surface area contributed by atoms with Crippen LogP contribution in [-0.2, 0) is 9.53 Å². The lowest BCUT2D eigenvalue weighted by Gasteiger charge is -2.22. The van der Waals surface area contributed by atoms with Crippen molar-refractivity contribution in [2.24, 2.45) is 0 Å². The second kappa shape index (κ2) is 7.95. The summed E-state index contributed by atoms with van der Waals surface area (Å²) in [5, 5.41) is 14.4. The molecule has 8 nitrogen and oxygen atoms in total. The van der Waals surface area contributed by atoms with E-state index in [1.807, 2.05) is 44.2 Å². The summed E-state index contributed by atoms with van der Waals surface area (Å²) in [7, 11) is 0. The Morgan fingerprint density at radius 1 is 1.32 bits per heavy atom. The second-order valence-corrected chi connectivity index (χ2v) is 6.94. The Labute approximate surface area is 162 Å². The van der Waals surface area contributed by atoms with Crippen LogP contribution >= 0.6 is 0 Å². The number of fused-ring (bicyclic) bond motifs is 1. The molecule has 1 amide bonds. The molecule has 1 aliphatic heterocycles. The van der Waals surface area contributed by atoms with Gasteiger partial charge in [0, 0.05) is 42.0 Å². The van der Waals surface area contributed by atoms with Crippen LogP contribution in [-0.4, -0.2) is 53.0 Å². The number of hydrogen-bond acceptors (Lipinski definition) is 6. The Bertz CT molecular complexity index is 962. The number of hydrogen-bond donors (Lipinski definition) is 3. The first-order valence-electron chi connectivity index (χ1n) is 9.34. The zero-order valence-electron chi connectivity index (χ0n) is 15.9. The van der Waals surface area contributed by atoms with Crippen LogP contribution in [0.15, 0.2) is 36.5 Å². The molecule has 0 bridgehead atoms. The standard InChI is InChI=1S/C20H23N5O3/c1-12(2)28-18-6-3-13(10-22-18)19-15-9-14(4-5-16(15)24-25-19)23-20(26)17-11-21-7-8-27-17/h3-6,9-10,12,17,21H,7-8,11H2,1-2H3,(H,23,26)(H,24,25). The molecule has 1 atom stereocenters. The number of pyridine rings is 1. The molecule has 1 aromatic carbocycles. The van der Waals surface area contributed by atoms with Crippen LogP contribution in [0.2, 0.25) is 0 Å². The van der Waals surface area contributed by atoms with Gasteiger partial charge in [0.1, 0.15) is 11.8 Å². The predicted molar refractivity (Wildman–Crippen MR) is 106 cm³/mol. The number of aromatic amines is 1. The molecule has 146 valence electrons. The molecule has 0 aliphatic carbocycles. The van der Waals surface area contributed by atoms with Crippen LogP contribution < -0.4 is 15.4 Å². The maximum Gasteiger partial charge on any atom is 0.254 e. The van der Waals surface area contributed by atoms with Crippen molar-refractivity contribution < 1.29 is 14.3 Å². The van der Waals surface area contributed by atoms with Crippen molar-refractivity contribution in [3.05, 3.63) is 36.5 Å². The molecular formula is C20H23N5O3. The molecule has 4 rings (SSSR count). The number of carbonyl (C=O) groups excluding carboxylic acids is 1. The van der Waals surface area contributed by atoms with Crippen molar-refractivity contribution in [3.8, 4) is 17.1 Å². The largest absolute Gasteiger partial charge is 0.475 e. The number of benzene rings is 1. The van der Waals surface area contributed by atoms with E-state index in [0.717, 1.165) is 28.7 Å². The van der Waals surface area contributed by atoms with Gasteiger partial charge in [-0.15, -0.1) is 0 Å². The maximum absolute atomic E-state index is 12.4. The summed E-state index contributed by atoms with van der Waals surface area (Å²) in [6.07, 6.45) is 1.32. The van der Waals surface area contributed by atoms with Gasteiger partial charge in [-0.3, -0.25) is 9.89 Å². The van der Waals surface area contributed by atoms with Crippen molar-refractivity contribution in [2.75, 3.05) is 25.0 Å². The fourth-order valence-corrected chi connectivity index (χ4v) is 3.10. The quantitative estimate of drug-likeness (QED) is 0.627. The molecule has 0 spiro atoms. The third-order valence-electron chi connectivity index (χ3n) is 4.42. The molecule has 1 aliphatic rings. The number of H-pyrrole nitrogens is 1. The number of aromatic nitrogens is 3. The van der Waals surface area contributed by atoms with Gasteiger partial charge < -0.3 is 20.1 Å². The number of ether oxygens (including phenoxy) is 2. The number of rotatable bonds is 5. The van der Waals surface area contributed by atoms with Gasteiger partial charge in [0.25, 0.3) is 5.91 Å². The highest BCUT2D eigenvalue weighted by Crippen LogP contribution is 2.29. The minimum atomic E-state index is -0.481. The average molecular weight is 381 g/mol. The van der Waals surface area contributed by atoms with Crippen molar-refractivity contribution in [2.45, 2.75) is 26.1 Å². The molecular weight excluding hydrogens is 358 g/mol. The van der Waals surface area contributed by atoms with E-state index in [-0.39, 0.29) is 12.0 Å². The Kier molecular flexibility index (Phi) is 5.23. The van der Waals surface area contributed by atoms with Gasteiger partial charge in [-0.25, -0.2) is 4.98 Å². The first-order chi connectivity index (χ1) is 13.6. The summed E-state index contributed by atoms with van der Waals surface area (Å²) in [6.45, 7) is 5.74. The number of nitrogens with zero attached hydrogens (tertiary/aromatic N) is 2. The van der Waals surface area contributed by atoms with Crippen LogP contribution in [0.3, 0.4) is 0 Å². The first kappa shape index (κ1) is 18.4. The van der Waals surface area contributed by atoms with Gasteiger partial charge in [0.15, 0.2) is 0 Å². The Morgan fingerprint density at radius 3 is 2.93 bits per heavy atom. The molecule has 0 saturated carbocycles. The SMILES string of the molecule is CC(C)Oc1ccc(-c2n[nH]c3ccc(NC(=O)C4CNCCO4)cc23)cn1. The topological polar surface area (TPSA) is 101 Å². The van der Waals surface area contributed by atoms with Gasteiger partial charge in [-0.05, 0) is 38.1 Å². The van der Waals surface area contributed by atoms with Gasteiger partial charge in [0.2, 0.25) is 5.88 Å². The summed E-state index contributed by atoms with van der Waals surface area (Å²) < 4.78 is 11.1. The third-order valence-corrected chi connectivity index (χ3v) is 4.42. The first-order valence-corrected chi connectivity index (χ1v) is 9.34. The average Bonchev–Trinajstić information content (AvgIpc) is 3.12. The third kappa shape index (κ3) is 3.97. The Balaban J connectivity index is 1.56. The molecule has 8 heteroatoms. The number of amides is 1. The van der Waals surface area contributed by atoms with Crippen molar-refractivity contribution in [1.82, 2.24) is 20.5 Å². The number of morpholine rings is 1. The Morgan fingerprint density at radius 2 is 2.21 bits per heavy atom. The van der Waals surface area contributed by atoms with Gasteiger partial charge in [-0.2, -0.15) is 5.10 Å². The molecule has 1 saturated heterocycles. The van der Waals surface area contributed by atoms with Gasteiger partial charge >= 0.3 is 0 Å². The van der Waals surface area contributed by atoms with Crippen molar-refractivity contribution in [1.29, 1.82) is 0 Å². The van der Waals surface area contributed by atoms with Crippen molar-refractivity contribution in [3.63, 3.8) is 0 Å². The predicted octanol–water partition coefficient (Wildman–Crippen LogP) is 2.34. The molecule has 2 aromatic heterocycles. The zero-order valence-corrected chi connectivity index (χ0v) is 15.9. The molecule has 3 N–H and O–H groups in total. The number of nitrogens with one attached hydrogen (secondary N) is 3. The van der Waals surface area contributed by atoms with E-state index in [0.29, 0.717) is 24.7 Å². The van der Waals surface area contributed by atoms with E-state index in [4.69, 9.17) is 9.47 Å². The van der Waals surface area contributed by atoms with Crippen molar-refractivity contribution >= 4 is 22.5 Å². The summed E-state index contributed by atoms with van der Waals surface area (Å²) in [5.74, 6) is 0.418. The molecule has 3 aromatic rings. The lowest BCUT2D eigenvalue weighted by molar-refractivity contribution is -0.128. The Hall–Kier alpha value is -2.97. The lowest BCUT2D eigenvalue weighted by atomic mass is 10.1. The van der Waals surface area contributed by atoms with E-state index in [9.17, 15) is 4.79 Å². The molecule has 1 unspecified atom stereocenters. The minimum absolute atomic E-state index is 0.0686. The van der Waals surface area contributed by atoms with E-state index in [2.05, 4.69) is 25.8 Å². The lowest BCUT2D eigenvalue weighted by Crippen LogP contribution is -2.45. The van der Waals surface area contributed by atoms with E-state index in [1.165, 1.54) is 0 Å². The van der Waals surface area contributed by atoms with Gasteiger partial charge in [0.05, 0.1) is 18.2 Å². The van der Waals surface area contributed by atoms with Crippen LogP contribution in [0.25, 0.3) is 22.2 Å². The summed E-state index contributed by atoms with van der Waals surface area (Å²) in [4.78, 5) is 16.7. The fraction of sp³-hybridized carbons (Fsp3) is 0.350. The molecule has 3 heterocycles. The molecule has 28 heavy (non-hydrogen) atoms. The summed E-state index contributed by atoms with van der Waals surface area (Å²) in [5.41, 5.74) is 3.21. The van der Waals surface area contributed by atoms with E-state index in [1.54, 1.807) is 6.20 Å². The zero-order chi connectivity index (χ0) is 19.5. The minimum Gasteiger partial charge on any atom is -0.475 e. The van der Waals surface area contributed by atoms with E-state index >= 15 is 0 Å². The summed E-state index contributed by atoms with van der Waals surface area (Å²) in [6, 6.07) is 9.39. The number of anilines is 1. The monoisotopic (exact) mass is 381 g/mol. The van der Waals surface area contributed by atoms with Crippen LogP contribution in [0.5, 0.6) is 5.88 Å². The summed E-state index contributed by atoms with van der Waals surface area (Å²) >= 11 is 0. The molecule has 1 fully saturated rings. The van der Waals surface area contributed by atoms with Gasteiger partial charge in [-0.1, -0.05) is 0 Å². The molecule has 0 radical (unpaired) electrons. The number of carbonyl (C=O) groups is 1.